The van der Waals surface area contributed by atoms with Crippen LogP contribution in [0.5, 0.6) is 0 Å². The van der Waals surface area contributed by atoms with Crippen LogP contribution in [0.4, 0.5) is 4.39 Å². The molecular weight excluding hydrogens is 219 g/mol. The Balaban J connectivity index is 2.10. The fourth-order valence-electron chi connectivity index (χ4n) is 2.18. The van der Waals surface area contributed by atoms with Crippen molar-refractivity contribution < 1.29 is 9.50 Å². The topological polar surface area (TPSA) is 47.3 Å². The summed E-state index contributed by atoms with van der Waals surface area (Å²) in [7, 11) is 0. The zero-order valence-electron chi connectivity index (χ0n) is 9.56. The van der Waals surface area contributed by atoms with Crippen LogP contribution in [0, 0.1) is 17.1 Å². The van der Waals surface area contributed by atoms with Crippen LogP contribution >= 0.6 is 0 Å². The second-order valence-corrected chi connectivity index (χ2v) is 4.45. The monoisotopic (exact) mass is 234 g/mol. The summed E-state index contributed by atoms with van der Waals surface area (Å²) in [5.74, 6) is -0.288. The summed E-state index contributed by atoms with van der Waals surface area (Å²) in [6, 6.07) is 6.39. The number of nitrogens with zero attached hydrogens (tertiary/aromatic N) is 2. The van der Waals surface area contributed by atoms with Crippen LogP contribution in [0.1, 0.15) is 24.0 Å². The lowest BCUT2D eigenvalue weighted by Crippen LogP contribution is -2.37. The van der Waals surface area contributed by atoms with Gasteiger partial charge >= 0.3 is 0 Å². The Morgan fingerprint density at radius 2 is 2.35 bits per heavy atom. The van der Waals surface area contributed by atoms with Crippen LogP contribution in [0.15, 0.2) is 18.2 Å². The molecule has 0 bridgehead atoms. The van der Waals surface area contributed by atoms with Crippen molar-refractivity contribution >= 4 is 0 Å². The van der Waals surface area contributed by atoms with E-state index in [1.807, 2.05) is 11.0 Å². The number of aliphatic hydroxyl groups is 1. The molecule has 1 atom stereocenters. The predicted molar refractivity (Wildman–Crippen MR) is 61.6 cm³/mol. The molecule has 1 aliphatic rings. The van der Waals surface area contributed by atoms with E-state index in [0.717, 1.165) is 19.4 Å². The van der Waals surface area contributed by atoms with Gasteiger partial charge in [-0.15, -0.1) is 0 Å². The minimum atomic E-state index is -0.314. The lowest BCUT2D eigenvalue weighted by Gasteiger charge is -2.30. The average Bonchev–Trinajstić information content (AvgIpc) is 2.32. The molecule has 1 heterocycles. The van der Waals surface area contributed by atoms with Crippen LogP contribution in [0.2, 0.25) is 0 Å². The van der Waals surface area contributed by atoms with Crippen LogP contribution in [-0.2, 0) is 6.54 Å². The van der Waals surface area contributed by atoms with Gasteiger partial charge in [0.15, 0.2) is 0 Å². The molecule has 1 aromatic rings. The number of β-amino-alcohol motifs (C(OH)–C–C–N with tert-alkyl or cyclic N) is 1. The highest BCUT2D eigenvalue weighted by Crippen LogP contribution is 2.16. The molecule has 1 N–H and O–H groups in total. The standard InChI is InChI=1S/C13H15FN2O/c14-13-4-3-10(7-15)6-11(13)8-16-5-1-2-12(17)9-16/h3-4,6,12,17H,1-2,5,8-9H2/t12-/m1/s1. The molecule has 4 heteroatoms. The fourth-order valence-corrected chi connectivity index (χ4v) is 2.18. The molecule has 3 nitrogen and oxygen atoms in total. The number of benzene rings is 1. The third-order valence-corrected chi connectivity index (χ3v) is 3.05. The van der Waals surface area contributed by atoms with Crippen molar-refractivity contribution in [2.24, 2.45) is 0 Å². The smallest absolute Gasteiger partial charge is 0.127 e. The third kappa shape index (κ3) is 3.02. The van der Waals surface area contributed by atoms with Gasteiger partial charge in [0, 0.05) is 18.7 Å². The van der Waals surface area contributed by atoms with Crippen molar-refractivity contribution in [3.05, 3.63) is 35.1 Å². The summed E-state index contributed by atoms with van der Waals surface area (Å²) in [6.45, 7) is 1.90. The number of rotatable bonds is 2. The molecular formula is C13H15FN2O. The quantitative estimate of drug-likeness (QED) is 0.846. The van der Waals surface area contributed by atoms with E-state index in [1.54, 1.807) is 6.07 Å². The predicted octanol–water partition coefficient (Wildman–Crippen LogP) is 1.65. The molecule has 1 aromatic carbocycles. The summed E-state index contributed by atoms with van der Waals surface area (Å²) in [6.07, 6.45) is 1.43. The molecule has 0 amide bonds. The molecule has 0 aromatic heterocycles. The van der Waals surface area contributed by atoms with E-state index in [4.69, 9.17) is 5.26 Å². The summed E-state index contributed by atoms with van der Waals surface area (Å²) < 4.78 is 13.6. The second kappa shape index (κ2) is 5.26. The SMILES string of the molecule is N#Cc1ccc(F)c(CN2CCC[C@@H](O)C2)c1. The van der Waals surface area contributed by atoms with Crippen LogP contribution in [0.25, 0.3) is 0 Å². The highest BCUT2D eigenvalue weighted by molar-refractivity contribution is 5.33. The van der Waals surface area contributed by atoms with Crippen molar-refractivity contribution in [2.45, 2.75) is 25.5 Å². The van der Waals surface area contributed by atoms with Gasteiger partial charge in [-0.3, -0.25) is 4.90 Å². The fraction of sp³-hybridized carbons (Fsp3) is 0.462. The van der Waals surface area contributed by atoms with Gasteiger partial charge in [-0.2, -0.15) is 5.26 Å². The summed E-state index contributed by atoms with van der Waals surface area (Å²) in [4.78, 5) is 2.02. The lowest BCUT2D eigenvalue weighted by atomic mass is 10.1. The Morgan fingerprint density at radius 3 is 3.06 bits per heavy atom. The lowest BCUT2D eigenvalue weighted by molar-refractivity contribution is 0.0663. The van der Waals surface area contributed by atoms with E-state index < -0.39 is 0 Å². The van der Waals surface area contributed by atoms with Crippen molar-refractivity contribution in [1.29, 1.82) is 5.26 Å². The van der Waals surface area contributed by atoms with Crippen molar-refractivity contribution in [3.63, 3.8) is 0 Å². The molecule has 0 saturated carbocycles. The number of aliphatic hydroxyl groups excluding tert-OH is 1. The first-order chi connectivity index (χ1) is 8.19. The van der Waals surface area contributed by atoms with E-state index in [-0.39, 0.29) is 11.9 Å². The van der Waals surface area contributed by atoms with Crippen LogP contribution < -0.4 is 0 Å². The first-order valence-electron chi connectivity index (χ1n) is 5.78. The maximum Gasteiger partial charge on any atom is 0.127 e. The normalized spacial score (nSPS) is 21.1. The number of piperidine rings is 1. The highest BCUT2D eigenvalue weighted by Gasteiger charge is 2.18. The van der Waals surface area contributed by atoms with Gasteiger partial charge < -0.3 is 5.11 Å². The Bertz CT molecular complexity index is 442. The molecule has 0 aliphatic carbocycles. The molecule has 0 radical (unpaired) electrons. The van der Waals surface area contributed by atoms with E-state index in [1.165, 1.54) is 12.1 Å². The van der Waals surface area contributed by atoms with Gasteiger partial charge in [-0.05, 0) is 37.6 Å². The molecule has 1 fully saturated rings. The van der Waals surface area contributed by atoms with Gasteiger partial charge in [-0.1, -0.05) is 0 Å². The number of hydrogen-bond acceptors (Lipinski definition) is 3. The van der Waals surface area contributed by atoms with E-state index >= 15 is 0 Å². The zero-order valence-corrected chi connectivity index (χ0v) is 9.56. The van der Waals surface area contributed by atoms with Gasteiger partial charge in [-0.25, -0.2) is 4.39 Å². The zero-order chi connectivity index (χ0) is 12.3. The number of hydrogen-bond donors (Lipinski definition) is 1. The van der Waals surface area contributed by atoms with Crippen LogP contribution in [0.3, 0.4) is 0 Å². The first kappa shape index (κ1) is 12.0. The van der Waals surface area contributed by atoms with Gasteiger partial charge in [0.1, 0.15) is 5.82 Å². The molecule has 1 saturated heterocycles. The molecule has 2 rings (SSSR count). The Labute approximate surface area is 100 Å². The van der Waals surface area contributed by atoms with Gasteiger partial charge in [0.25, 0.3) is 0 Å². The molecule has 0 unspecified atom stereocenters. The minimum absolute atomic E-state index is 0.288. The number of nitriles is 1. The highest BCUT2D eigenvalue weighted by atomic mass is 19.1. The van der Waals surface area contributed by atoms with E-state index in [2.05, 4.69) is 0 Å². The van der Waals surface area contributed by atoms with Crippen molar-refractivity contribution in [1.82, 2.24) is 4.90 Å². The summed E-state index contributed by atoms with van der Waals surface area (Å²) in [5, 5.41) is 18.3. The largest absolute Gasteiger partial charge is 0.392 e. The van der Waals surface area contributed by atoms with E-state index in [0.29, 0.717) is 24.2 Å². The average molecular weight is 234 g/mol. The van der Waals surface area contributed by atoms with Crippen molar-refractivity contribution in [3.8, 4) is 6.07 Å². The minimum Gasteiger partial charge on any atom is -0.392 e. The van der Waals surface area contributed by atoms with Gasteiger partial charge in [0.05, 0.1) is 17.7 Å². The number of likely N-dealkylation sites (tertiary alicyclic amines) is 1. The maximum atomic E-state index is 13.6. The Kier molecular flexibility index (Phi) is 3.72. The summed E-state index contributed by atoms with van der Waals surface area (Å²) in [5.41, 5.74) is 0.997. The molecule has 1 aliphatic heterocycles. The second-order valence-electron chi connectivity index (χ2n) is 4.45. The van der Waals surface area contributed by atoms with Crippen molar-refractivity contribution in [2.75, 3.05) is 13.1 Å². The van der Waals surface area contributed by atoms with Crippen LogP contribution in [-0.4, -0.2) is 29.2 Å². The molecule has 0 spiro atoms. The number of halogens is 1. The third-order valence-electron chi connectivity index (χ3n) is 3.05. The molecule has 17 heavy (non-hydrogen) atoms. The Morgan fingerprint density at radius 1 is 1.53 bits per heavy atom. The first-order valence-corrected chi connectivity index (χ1v) is 5.78. The summed E-state index contributed by atoms with van der Waals surface area (Å²) >= 11 is 0. The maximum absolute atomic E-state index is 13.6. The Hall–Kier alpha value is -1.44. The van der Waals surface area contributed by atoms with E-state index in [9.17, 15) is 9.50 Å². The molecule has 90 valence electrons. The van der Waals surface area contributed by atoms with Gasteiger partial charge in [0.2, 0.25) is 0 Å².